The van der Waals surface area contributed by atoms with E-state index in [9.17, 15) is 27.2 Å². The van der Waals surface area contributed by atoms with Crippen molar-refractivity contribution in [1.29, 1.82) is 0 Å². The highest BCUT2D eigenvalue weighted by atomic mass is 19.4. The summed E-state index contributed by atoms with van der Waals surface area (Å²) in [7, 11) is 0. The van der Waals surface area contributed by atoms with E-state index in [1.54, 1.807) is 0 Å². The van der Waals surface area contributed by atoms with Crippen molar-refractivity contribution in [2.75, 3.05) is 6.54 Å². The third-order valence-corrected chi connectivity index (χ3v) is 3.34. The highest BCUT2D eigenvalue weighted by Gasteiger charge is 2.42. The minimum Gasteiger partial charge on any atom is -0.481 e. The number of nitrogens with zero attached hydrogens (tertiary/aromatic N) is 3. The summed E-state index contributed by atoms with van der Waals surface area (Å²) in [6.07, 6.45) is -5.24. The number of aromatic nitrogens is 3. The minimum atomic E-state index is -4.98. The summed E-state index contributed by atoms with van der Waals surface area (Å²) in [5, 5.41) is 17.4. The summed E-state index contributed by atoms with van der Waals surface area (Å²) < 4.78 is 53.8. The lowest BCUT2D eigenvalue weighted by Gasteiger charge is -2.12. The Morgan fingerprint density at radius 3 is 2.62 bits per heavy atom. The Morgan fingerprint density at radius 1 is 1.35 bits per heavy atom. The third kappa shape index (κ3) is 4.55. The molecule has 0 saturated carbocycles. The number of hydrogen-bond donors (Lipinski definition) is 2. The van der Waals surface area contributed by atoms with Crippen LogP contribution in [0.25, 0.3) is 5.69 Å². The first-order chi connectivity index (χ1) is 12.1. The molecule has 2 N–H and O–H groups in total. The largest absolute Gasteiger partial charge is 0.481 e. The van der Waals surface area contributed by atoms with Crippen LogP contribution in [0, 0.1) is 11.7 Å². The van der Waals surface area contributed by atoms with Crippen LogP contribution in [-0.2, 0) is 11.0 Å². The summed E-state index contributed by atoms with van der Waals surface area (Å²) >= 11 is 0. The van der Waals surface area contributed by atoms with E-state index in [-0.39, 0.29) is 18.7 Å². The van der Waals surface area contributed by atoms with Crippen LogP contribution in [-0.4, -0.2) is 38.5 Å². The van der Waals surface area contributed by atoms with E-state index in [2.05, 4.69) is 15.6 Å². The molecule has 0 aliphatic rings. The molecule has 0 saturated heterocycles. The molecule has 7 nitrogen and oxygen atoms in total. The Morgan fingerprint density at radius 2 is 2.04 bits per heavy atom. The summed E-state index contributed by atoms with van der Waals surface area (Å²) in [6, 6.07) is 4.25. The Bertz CT molecular complexity index is 819. The second-order valence-electron chi connectivity index (χ2n) is 5.59. The molecule has 0 bridgehead atoms. The number of rotatable bonds is 6. The van der Waals surface area contributed by atoms with Crippen molar-refractivity contribution in [3.8, 4) is 5.69 Å². The highest BCUT2D eigenvalue weighted by Crippen LogP contribution is 2.32. The van der Waals surface area contributed by atoms with Gasteiger partial charge in [-0.15, -0.1) is 5.10 Å². The molecule has 1 atom stereocenters. The van der Waals surface area contributed by atoms with Gasteiger partial charge in [0.05, 0.1) is 5.69 Å². The van der Waals surface area contributed by atoms with Gasteiger partial charge in [0.2, 0.25) is 0 Å². The molecule has 1 aromatic carbocycles. The molecule has 0 aliphatic heterocycles. The Balaban J connectivity index is 2.32. The van der Waals surface area contributed by atoms with E-state index in [4.69, 9.17) is 5.11 Å². The molecule has 0 spiro atoms. The van der Waals surface area contributed by atoms with Crippen LogP contribution < -0.4 is 5.32 Å². The highest BCUT2D eigenvalue weighted by molar-refractivity contribution is 5.93. The lowest BCUT2D eigenvalue weighted by molar-refractivity contribution is -0.143. The van der Waals surface area contributed by atoms with Crippen LogP contribution in [0.1, 0.15) is 29.5 Å². The quantitative estimate of drug-likeness (QED) is 0.756. The molecule has 0 fully saturated rings. The Labute approximate surface area is 144 Å². The Kier molecular flexibility index (Phi) is 5.58. The van der Waals surface area contributed by atoms with Gasteiger partial charge in [0, 0.05) is 13.0 Å². The average Bonchev–Trinajstić information content (AvgIpc) is 2.97. The summed E-state index contributed by atoms with van der Waals surface area (Å²) in [6.45, 7) is 1.36. The number of carbonyl (C=O) groups is 2. The number of aliphatic carboxylic acids is 1. The summed E-state index contributed by atoms with van der Waals surface area (Å²) in [4.78, 5) is 22.6. The number of nitrogens with one attached hydrogen (secondary N) is 1. The number of halogens is 4. The number of alkyl halides is 3. The zero-order chi connectivity index (χ0) is 19.5. The zero-order valence-corrected chi connectivity index (χ0v) is 13.4. The van der Waals surface area contributed by atoms with Gasteiger partial charge < -0.3 is 10.4 Å². The molecule has 2 aromatic rings. The fourth-order valence-corrected chi connectivity index (χ4v) is 2.20. The van der Waals surface area contributed by atoms with Crippen LogP contribution in [0.15, 0.2) is 24.3 Å². The van der Waals surface area contributed by atoms with E-state index in [0.29, 0.717) is 4.68 Å². The van der Waals surface area contributed by atoms with Gasteiger partial charge in [-0.05, 0) is 24.1 Å². The maximum atomic E-state index is 13.4. The first-order valence-corrected chi connectivity index (χ1v) is 7.38. The summed E-state index contributed by atoms with van der Waals surface area (Å²) in [5.74, 6) is -3.53. The molecular weight excluding hydrogens is 360 g/mol. The van der Waals surface area contributed by atoms with Crippen molar-refractivity contribution in [3.63, 3.8) is 0 Å². The van der Waals surface area contributed by atoms with Gasteiger partial charge in [-0.25, -0.2) is 9.07 Å². The van der Waals surface area contributed by atoms with E-state index < -0.39 is 41.2 Å². The molecule has 1 amide bonds. The van der Waals surface area contributed by atoms with Crippen LogP contribution >= 0.6 is 0 Å². The van der Waals surface area contributed by atoms with E-state index >= 15 is 0 Å². The van der Waals surface area contributed by atoms with E-state index in [1.807, 2.05) is 0 Å². The van der Waals surface area contributed by atoms with Gasteiger partial charge >= 0.3 is 12.1 Å². The second-order valence-corrected chi connectivity index (χ2v) is 5.59. The van der Waals surface area contributed by atoms with Crippen molar-refractivity contribution in [3.05, 3.63) is 41.5 Å². The predicted octanol–water partition coefficient (Wildman–Crippen LogP) is 2.27. The van der Waals surface area contributed by atoms with Gasteiger partial charge in [-0.1, -0.05) is 18.2 Å². The van der Waals surface area contributed by atoms with Gasteiger partial charge in [0.1, 0.15) is 5.82 Å². The molecule has 1 aromatic heterocycles. The molecule has 1 heterocycles. The van der Waals surface area contributed by atoms with Crippen LogP contribution in [0.2, 0.25) is 0 Å². The van der Waals surface area contributed by atoms with Crippen molar-refractivity contribution in [2.24, 2.45) is 5.92 Å². The molecule has 1 unspecified atom stereocenters. The van der Waals surface area contributed by atoms with E-state index in [0.717, 1.165) is 12.1 Å². The lowest BCUT2D eigenvalue weighted by atomic mass is 10.1. The monoisotopic (exact) mass is 374 g/mol. The summed E-state index contributed by atoms with van der Waals surface area (Å²) in [5.41, 5.74) is -2.68. The molecule has 0 aliphatic carbocycles. The molecule has 140 valence electrons. The van der Waals surface area contributed by atoms with Crippen molar-refractivity contribution >= 4 is 11.9 Å². The zero-order valence-electron chi connectivity index (χ0n) is 13.4. The first kappa shape index (κ1) is 19.3. The van der Waals surface area contributed by atoms with Crippen molar-refractivity contribution < 1.29 is 32.3 Å². The molecular formula is C15H14F4N4O3. The molecule has 0 radical (unpaired) electrons. The topological polar surface area (TPSA) is 97.1 Å². The Hall–Kier alpha value is -2.98. The first-order valence-electron chi connectivity index (χ1n) is 7.38. The van der Waals surface area contributed by atoms with Gasteiger partial charge in [-0.2, -0.15) is 13.2 Å². The number of carbonyl (C=O) groups excluding carboxylic acids is 1. The fourth-order valence-electron chi connectivity index (χ4n) is 2.20. The predicted molar refractivity (Wildman–Crippen MR) is 80.1 cm³/mol. The van der Waals surface area contributed by atoms with E-state index in [1.165, 1.54) is 19.1 Å². The normalized spacial score (nSPS) is 12.7. The fraction of sp³-hybridized carbons (Fsp3) is 0.333. The van der Waals surface area contributed by atoms with Crippen molar-refractivity contribution in [1.82, 2.24) is 20.3 Å². The minimum absolute atomic E-state index is 0.157. The molecule has 11 heteroatoms. The van der Waals surface area contributed by atoms with Crippen LogP contribution in [0.5, 0.6) is 0 Å². The maximum Gasteiger partial charge on any atom is 0.435 e. The smallest absolute Gasteiger partial charge is 0.435 e. The second kappa shape index (κ2) is 7.50. The van der Waals surface area contributed by atoms with Gasteiger partial charge in [0.15, 0.2) is 11.4 Å². The maximum absolute atomic E-state index is 13.4. The number of hydrogen-bond acceptors (Lipinski definition) is 4. The number of carboxylic acids is 1. The average molecular weight is 374 g/mol. The third-order valence-electron chi connectivity index (χ3n) is 3.34. The number of amides is 1. The van der Waals surface area contributed by atoms with Crippen LogP contribution in [0.3, 0.4) is 0 Å². The SMILES string of the molecule is CC(CNC(=O)c1nnn(-c2cccc(F)c2)c1C(F)(F)F)CC(=O)O. The number of carboxylic acid groups (broad SMARTS) is 1. The van der Waals surface area contributed by atoms with Crippen LogP contribution in [0.4, 0.5) is 17.6 Å². The van der Waals surface area contributed by atoms with Gasteiger partial charge in [0.25, 0.3) is 5.91 Å². The van der Waals surface area contributed by atoms with Gasteiger partial charge in [-0.3, -0.25) is 9.59 Å². The molecule has 2 rings (SSSR count). The lowest BCUT2D eigenvalue weighted by Crippen LogP contribution is -2.31. The van der Waals surface area contributed by atoms with Crippen molar-refractivity contribution in [2.45, 2.75) is 19.5 Å². The molecule has 26 heavy (non-hydrogen) atoms. The number of benzene rings is 1. The standard InChI is InChI=1S/C15H14F4N4O3/c1-8(5-11(24)25)7-20-14(26)12-13(15(17,18)19)23(22-21-12)10-4-2-3-9(16)6-10/h2-4,6,8H,5,7H2,1H3,(H,20,26)(H,24,25).